The van der Waals surface area contributed by atoms with Gasteiger partial charge in [0.15, 0.2) is 5.11 Å². The molecule has 1 saturated heterocycles. The van der Waals surface area contributed by atoms with Crippen LogP contribution in [0.2, 0.25) is 0 Å². The Balaban J connectivity index is 1.48. The third-order valence-electron chi connectivity index (χ3n) is 5.12. The lowest BCUT2D eigenvalue weighted by molar-refractivity contribution is 0.0922. The second kappa shape index (κ2) is 9.00. The highest BCUT2D eigenvalue weighted by Gasteiger charge is 2.23. The molecule has 142 valence electrons. The van der Waals surface area contributed by atoms with E-state index in [0.717, 1.165) is 54.3 Å². The minimum Gasteiger partial charge on any atom is -0.349 e. The van der Waals surface area contributed by atoms with Gasteiger partial charge in [-0.3, -0.25) is 4.79 Å². The highest BCUT2D eigenvalue weighted by Crippen LogP contribution is 2.16. The molecule has 0 bridgehead atoms. The molecule has 1 amide bonds. The first kappa shape index (κ1) is 19.4. The molecule has 0 aliphatic carbocycles. The van der Waals surface area contributed by atoms with E-state index in [-0.39, 0.29) is 11.9 Å². The molecular formula is C22H27N3OS. The highest BCUT2D eigenvalue weighted by molar-refractivity contribution is 7.80. The molecule has 2 aromatic carbocycles. The number of thiocarbonyl (C=S) groups is 1. The number of aryl methyl sites for hydroxylation is 2. The van der Waals surface area contributed by atoms with Crippen LogP contribution in [0.1, 0.15) is 41.3 Å². The van der Waals surface area contributed by atoms with E-state index in [9.17, 15) is 4.79 Å². The number of hydrogen-bond acceptors (Lipinski definition) is 2. The van der Waals surface area contributed by atoms with Crippen LogP contribution >= 0.6 is 12.2 Å². The average molecular weight is 382 g/mol. The Morgan fingerprint density at radius 1 is 1.11 bits per heavy atom. The van der Waals surface area contributed by atoms with Crippen molar-refractivity contribution in [3.63, 3.8) is 0 Å². The van der Waals surface area contributed by atoms with Gasteiger partial charge in [0, 0.05) is 30.4 Å². The molecule has 1 aliphatic rings. The van der Waals surface area contributed by atoms with E-state index in [2.05, 4.69) is 46.7 Å². The zero-order valence-electron chi connectivity index (χ0n) is 16.0. The summed E-state index contributed by atoms with van der Waals surface area (Å²) in [7, 11) is 0. The topological polar surface area (TPSA) is 44.4 Å². The summed E-state index contributed by atoms with van der Waals surface area (Å²) < 4.78 is 0. The van der Waals surface area contributed by atoms with Gasteiger partial charge in [0.1, 0.15) is 0 Å². The smallest absolute Gasteiger partial charge is 0.251 e. The summed E-state index contributed by atoms with van der Waals surface area (Å²) in [6.07, 6.45) is 2.83. The summed E-state index contributed by atoms with van der Waals surface area (Å²) in [6, 6.07) is 16.3. The van der Waals surface area contributed by atoms with E-state index >= 15 is 0 Å². The molecule has 0 spiro atoms. The average Bonchev–Trinajstić information content (AvgIpc) is 2.69. The van der Waals surface area contributed by atoms with Gasteiger partial charge >= 0.3 is 0 Å². The van der Waals surface area contributed by atoms with Gasteiger partial charge in [-0.05, 0) is 67.7 Å². The Morgan fingerprint density at radius 3 is 2.41 bits per heavy atom. The standard InChI is InChI=1S/C22H27N3OS/c1-3-17-8-10-18(11-9-17)24-22(27)25-14-12-19(13-15-25)23-21(26)20-7-5-4-6-16(20)2/h4-11,19H,3,12-15H2,1-2H3,(H,23,26)(H,24,27). The maximum Gasteiger partial charge on any atom is 0.251 e. The van der Waals surface area contributed by atoms with Gasteiger partial charge in [0.05, 0.1) is 0 Å². The molecule has 0 saturated carbocycles. The van der Waals surface area contributed by atoms with Crippen molar-refractivity contribution in [3.05, 3.63) is 65.2 Å². The number of nitrogens with zero attached hydrogens (tertiary/aromatic N) is 1. The summed E-state index contributed by atoms with van der Waals surface area (Å²) in [5.41, 5.74) is 4.10. The SMILES string of the molecule is CCc1ccc(NC(=S)N2CCC(NC(=O)c3ccccc3C)CC2)cc1. The number of amides is 1. The number of likely N-dealkylation sites (tertiary alicyclic amines) is 1. The second-order valence-electron chi connectivity index (χ2n) is 7.03. The Morgan fingerprint density at radius 2 is 1.78 bits per heavy atom. The van der Waals surface area contributed by atoms with Crippen LogP contribution in [0.15, 0.2) is 48.5 Å². The first-order chi connectivity index (χ1) is 13.1. The number of carbonyl (C=O) groups excluding carboxylic acids is 1. The van der Waals surface area contributed by atoms with Crippen LogP contribution < -0.4 is 10.6 Å². The molecule has 1 aliphatic heterocycles. The summed E-state index contributed by atoms with van der Waals surface area (Å²) in [5.74, 6) is 0.0169. The Labute approximate surface area is 167 Å². The molecule has 4 nitrogen and oxygen atoms in total. The Hall–Kier alpha value is -2.40. The van der Waals surface area contributed by atoms with E-state index in [4.69, 9.17) is 12.2 Å². The van der Waals surface area contributed by atoms with Gasteiger partial charge in [-0.25, -0.2) is 0 Å². The fourth-order valence-electron chi connectivity index (χ4n) is 3.34. The molecule has 27 heavy (non-hydrogen) atoms. The van der Waals surface area contributed by atoms with Crippen molar-refractivity contribution in [3.8, 4) is 0 Å². The molecule has 1 heterocycles. The van der Waals surface area contributed by atoms with E-state index < -0.39 is 0 Å². The van der Waals surface area contributed by atoms with Gasteiger partial charge < -0.3 is 15.5 Å². The fraction of sp³-hybridized carbons (Fsp3) is 0.364. The van der Waals surface area contributed by atoms with Crippen LogP contribution in [0.25, 0.3) is 0 Å². The van der Waals surface area contributed by atoms with Crippen molar-refractivity contribution < 1.29 is 4.79 Å². The first-order valence-electron chi connectivity index (χ1n) is 9.58. The van der Waals surface area contributed by atoms with Crippen LogP contribution in [-0.4, -0.2) is 35.1 Å². The summed E-state index contributed by atoms with van der Waals surface area (Å²) in [4.78, 5) is 14.7. The number of anilines is 1. The number of piperidine rings is 1. The van der Waals surface area contributed by atoms with Crippen molar-refractivity contribution in [2.45, 2.75) is 39.2 Å². The van der Waals surface area contributed by atoms with Gasteiger partial charge in [-0.2, -0.15) is 0 Å². The highest BCUT2D eigenvalue weighted by atomic mass is 32.1. The van der Waals surface area contributed by atoms with Gasteiger partial charge in [0.25, 0.3) is 5.91 Å². The molecule has 3 rings (SSSR count). The van der Waals surface area contributed by atoms with Crippen molar-refractivity contribution in [1.82, 2.24) is 10.2 Å². The van der Waals surface area contributed by atoms with Gasteiger partial charge in [-0.15, -0.1) is 0 Å². The molecule has 0 radical (unpaired) electrons. The van der Waals surface area contributed by atoms with Crippen molar-refractivity contribution in [2.24, 2.45) is 0 Å². The van der Waals surface area contributed by atoms with Crippen molar-refractivity contribution in [2.75, 3.05) is 18.4 Å². The minimum atomic E-state index is 0.0169. The number of hydrogen-bond donors (Lipinski definition) is 2. The van der Waals surface area contributed by atoms with Crippen LogP contribution in [-0.2, 0) is 6.42 Å². The molecule has 5 heteroatoms. The lowest BCUT2D eigenvalue weighted by atomic mass is 10.0. The monoisotopic (exact) mass is 381 g/mol. The van der Waals surface area contributed by atoms with E-state index in [1.807, 2.05) is 31.2 Å². The molecule has 2 N–H and O–H groups in total. The third-order valence-corrected chi connectivity index (χ3v) is 5.48. The Bertz CT molecular complexity index is 795. The van der Waals surface area contributed by atoms with Crippen LogP contribution in [0.4, 0.5) is 5.69 Å². The van der Waals surface area contributed by atoms with E-state index in [1.54, 1.807) is 0 Å². The van der Waals surface area contributed by atoms with Crippen LogP contribution in [0.5, 0.6) is 0 Å². The molecule has 1 fully saturated rings. The predicted octanol–water partition coefficient (Wildman–Crippen LogP) is 4.15. The predicted molar refractivity (Wildman–Crippen MR) is 115 cm³/mol. The lowest BCUT2D eigenvalue weighted by Crippen LogP contribution is -2.47. The van der Waals surface area contributed by atoms with Crippen LogP contribution in [0, 0.1) is 6.92 Å². The molecule has 2 aromatic rings. The van der Waals surface area contributed by atoms with E-state index in [1.165, 1.54) is 5.56 Å². The first-order valence-corrected chi connectivity index (χ1v) is 9.99. The summed E-state index contributed by atoms with van der Waals surface area (Å²) in [6.45, 7) is 5.80. The number of rotatable bonds is 4. The zero-order valence-corrected chi connectivity index (χ0v) is 16.8. The zero-order chi connectivity index (χ0) is 19.2. The minimum absolute atomic E-state index is 0.0169. The quantitative estimate of drug-likeness (QED) is 0.781. The molecule has 0 aromatic heterocycles. The number of nitrogens with one attached hydrogen (secondary N) is 2. The number of benzene rings is 2. The third kappa shape index (κ3) is 5.07. The largest absolute Gasteiger partial charge is 0.349 e. The molecular weight excluding hydrogens is 354 g/mol. The van der Waals surface area contributed by atoms with Gasteiger partial charge in [-0.1, -0.05) is 37.3 Å². The van der Waals surface area contributed by atoms with Crippen LogP contribution in [0.3, 0.4) is 0 Å². The summed E-state index contributed by atoms with van der Waals surface area (Å²) in [5, 5.41) is 7.24. The maximum atomic E-state index is 12.5. The maximum absolute atomic E-state index is 12.5. The normalized spacial score (nSPS) is 14.7. The van der Waals surface area contributed by atoms with Crippen molar-refractivity contribution >= 4 is 28.9 Å². The second-order valence-corrected chi connectivity index (χ2v) is 7.42. The molecule has 0 unspecified atom stereocenters. The van der Waals surface area contributed by atoms with Crippen molar-refractivity contribution in [1.29, 1.82) is 0 Å². The van der Waals surface area contributed by atoms with E-state index in [0.29, 0.717) is 0 Å². The lowest BCUT2D eigenvalue weighted by Gasteiger charge is -2.34. The Kier molecular flexibility index (Phi) is 6.45. The fourth-order valence-corrected chi connectivity index (χ4v) is 3.64. The molecule has 0 atom stereocenters. The summed E-state index contributed by atoms with van der Waals surface area (Å²) >= 11 is 5.56. The number of carbonyl (C=O) groups is 1. The van der Waals surface area contributed by atoms with Gasteiger partial charge in [0.2, 0.25) is 0 Å².